The molecular formula is C9H14N2S. The van der Waals surface area contributed by atoms with Gasteiger partial charge in [0.05, 0.1) is 5.69 Å². The minimum Gasteiger partial charge on any atom is -0.170 e. The van der Waals surface area contributed by atoms with E-state index in [4.69, 9.17) is 0 Å². The van der Waals surface area contributed by atoms with Crippen LogP contribution in [-0.4, -0.2) is 10.2 Å². The summed E-state index contributed by atoms with van der Waals surface area (Å²) in [7, 11) is 0. The molecule has 0 aliphatic rings. The molecule has 0 saturated heterocycles. The Bertz CT molecular complexity index is 231. The minimum atomic E-state index is 0.163. The Morgan fingerprint density at radius 3 is 2.42 bits per heavy atom. The molecule has 1 rings (SSSR count). The summed E-state index contributed by atoms with van der Waals surface area (Å²) in [5, 5.41) is 8.09. The number of thiol groups is 1. The third kappa shape index (κ3) is 1.97. The number of aromatic nitrogens is 2. The molecule has 12 heavy (non-hydrogen) atoms. The smallest absolute Gasteiger partial charge is 0.0789 e. The molecule has 0 N–H and O–H groups in total. The van der Waals surface area contributed by atoms with Crippen molar-refractivity contribution < 1.29 is 0 Å². The number of nitrogens with zero attached hydrogens (tertiary/aromatic N) is 2. The first-order chi connectivity index (χ1) is 5.63. The van der Waals surface area contributed by atoms with E-state index in [0.717, 1.165) is 5.69 Å². The lowest BCUT2D eigenvalue weighted by molar-refractivity contribution is 0.791. The standard InChI is InChI=1S/C9H14N2S/c1-6(2)8-4-5-10-11-9(8)7(3)12/h4-7,12H,1-3H3. The highest BCUT2D eigenvalue weighted by atomic mass is 32.1. The zero-order chi connectivity index (χ0) is 9.14. The molecule has 0 amide bonds. The SMILES string of the molecule is CC(C)c1ccnnc1C(C)S. The largest absolute Gasteiger partial charge is 0.170 e. The van der Waals surface area contributed by atoms with Crippen LogP contribution in [0.4, 0.5) is 0 Å². The summed E-state index contributed by atoms with van der Waals surface area (Å²) in [4.78, 5) is 0. The van der Waals surface area contributed by atoms with Crippen LogP contribution in [0.2, 0.25) is 0 Å². The van der Waals surface area contributed by atoms with Crippen molar-refractivity contribution in [2.75, 3.05) is 0 Å². The van der Waals surface area contributed by atoms with Crippen molar-refractivity contribution in [3.63, 3.8) is 0 Å². The fourth-order valence-corrected chi connectivity index (χ4v) is 1.37. The molecule has 0 radical (unpaired) electrons. The highest BCUT2D eigenvalue weighted by Gasteiger charge is 2.10. The first kappa shape index (κ1) is 9.52. The molecule has 1 atom stereocenters. The highest BCUT2D eigenvalue weighted by Crippen LogP contribution is 2.25. The van der Waals surface area contributed by atoms with Crippen LogP contribution in [0.15, 0.2) is 12.3 Å². The normalized spacial score (nSPS) is 13.4. The summed E-state index contributed by atoms with van der Waals surface area (Å²) in [5.74, 6) is 0.491. The Kier molecular flexibility index (Phi) is 3.09. The maximum absolute atomic E-state index is 4.35. The molecule has 1 heterocycles. The second kappa shape index (κ2) is 3.90. The van der Waals surface area contributed by atoms with Gasteiger partial charge in [0.15, 0.2) is 0 Å². The predicted molar refractivity (Wildman–Crippen MR) is 53.5 cm³/mol. The zero-order valence-corrected chi connectivity index (χ0v) is 8.55. The van der Waals surface area contributed by atoms with Gasteiger partial charge in [0, 0.05) is 11.4 Å². The molecule has 0 bridgehead atoms. The summed E-state index contributed by atoms with van der Waals surface area (Å²) in [6.07, 6.45) is 1.73. The molecule has 0 aliphatic heterocycles. The van der Waals surface area contributed by atoms with Crippen molar-refractivity contribution in [3.8, 4) is 0 Å². The lowest BCUT2D eigenvalue weighted by Gasteiger charge is -2.11. The van der Waals surface area contributed by atoms with E-state index in [1.165, 1.54) is 5.56 Å². The van der Waals surface area contributed by atoms with Crippen LogP contribution in [0.3, 0.4) is 0 Å². The van der Waals surface area contributed by atoms with Gasteiger partial charge in [-0.3, -0.25) is 0 Å². The highest BCUT2D eigenvalue weighted by molar-refractivity contribution is 7.80. The average Bonchev–Trinajstić information content (AvgIpc) is 2.04. The van der Waals surface area contributed by atoms with Gasteiger partial charge >= 0.3 is 0 Å². The summed E-state index contributed by atoms with van der Waals surface area (Å²) in [5.41, 5.74) is 2.24. The molecular weight excluding hydrogens is 168 g/mol. The van der Waals surface area contributed by atoms with Crippen LogP contribution in [0.5, 0.6) is 0 Å². The summed E-state index contributed by atoms with van der Waals surface area (Å²) in [6.45, 7) is 6.31. The Balaban J connectivity index is 3.09. The van der Waals surface area contributed by atoms with Crippen LogP contribution in [0, 0.1) is 0 Å². The second-order valence-corrected chi connectivity index (χ2v) is 3.98. The van der Waals surface area contributed by atoms with Gasteiger partial charge in [0.25, 0.3) is 0 Å². The summed E-state index contributed by atoms with van der Waals surface area (Å²) >= 11 is 4.35. The van der Waals surface area contributed by atoms with Crippen LogP contribution < -0.4 is 0 Å². The third-order valence-electron chi connectivity index (χ3n) is 1.80. The van der Waals surface area contributed by atoms with E-state index < -0.39 is 0 Å². The van der Waals surface area contributed by atoms with Gasteiger partial charge in [0.2, 0.25) is 0 Å². The molecule has 0 aromatic carbocycles. The number of hydrogen-bond acceptors (Lipinski definition) is 3. The second-order valence-electron chi connectivity index (χ2n) is 3.20. The minimum absolute atomic E-state index is 0.163. The average molecular weight is 182 g/mol. The van der Waals surface area contributed by atoms with Crippen LogP contribution in [0.25, 0.3) is 0 Å². The van der Waals surface area contributed by atoms with E-state index in [-0.39, 0.29) is 5.25 Å². The monoisotopic (exact) mass is 182 g/mol. The topological polar surface area (TPSA) is 25.8 Å². The molecule has 1 aromatic heterocycles. The van der Waals surface area contributed by atoms with E-state index in [1.54, 1.807) is 6.20 Å². The quantitative estimate of drug-likeness (QED) is 0.711. The third-order valence-corrected chi connectivity index (χ3v) is 2.04. The van der Waals surface area contributed by atoms with E-state index in [9.17, 15) is 0 Å². The Labute approximate surface area is 78.8 Å². The molecule has 66 valence electrons. The molecule has 0 spiro atoms. The van der Waals surface area contributed by atoms with E-state index in [1.807, 2.05) is 13.0 Å². The van der Waals surface area contributed by atoms with E-state index in [2.05, 4.69) is 36.7 Å². The van der Waals surface area contributed by atoms with Crippen LogP contribution in [0.1, 0.15) is 43.2 Å². The lowest BCUT2D eigenvalue weighted by Crippen LogP contribution is -2.01. The van der Waals surface area contributed by atoms with Crippen LogP contribution in [-0.2, 0) is 0 Å². The molecule has 1 aromatic rings. The first-order valence-corrected chi connectivity index (χ1v) is 4.64. The Hall–Kier alpha value is -0.570. The van der Waals surface area contributed by atoms with Gasteiger partial charge in [-0.1, -0.05) is 13.8 Å². The molecule has 0 aliphatic carbocycles. The summed E-state index contributed by atoms with van der Waals surface area (Å²) < 4.78 is 0. The maximum atomic E-state index is 4.35. The molecule has 1 unspecified atom stereocenters. The van der Waals surface area contributed by atoms with Gasteiger partial charge < -0.3 is 0 Å². The van der Waals surface area contributed by atoms with E-state index >= 15 is 0 Å². The van der Waals surface area contributed by atoms with E-state index in [0.29, 0.717) is 5.92 Å². The van der Waals surface area contributed by atoms with Gasteiger partial charge in [-0.15, -0.1) is 0 Å². The summed E-state index contributed by atoms with van der Waals surface area (Å²) in [6, 6.07) is 2.01. The van der Waals surface area contributed by atoms with Crippen molar-refractivity contribution in [2.45, 2.75) is 31.9 Å². The van der Waals surface area contributed by atoms with Crippen molar-refractivity contribution >= 4 is 12.6 Å². The van der Waals surface area contributed by atoms with Gasteiger partial charge in [-0.2, -0.15) is 22.8 Å². The van der Waals surface area contributed by atoms with Crippen molar-refractivity contribution in [1.82, 2.24) is 10.2 Å². The molecule has 0 fully saturated rings. The molecule has 3 heteroatoms. The Morgan fingerprint density at radius 2 is 2.00 bits per heavy atom. The molecule has 2 nitrogen and oxygen atoms in total. The fraction of sp³-hybridized carbons (Fsp3) is 0.556. The first-order valence-electron chi connectivity index (χ1n) is 4.12. The molecule has 0 saturated carbocycles. The lowest BCUT2D eigenvalue weighted by atomic mass is 10.0. The number of rotatable bonds is 2. The Morgan fingerprint density at radius 1 is 1.33 bits per heavy atom. The van der Waals surface area contributed by atoms with Crippen molar-refractivity contribution in [2.24, 2.45) is 0 Å². The predicted octanol–water partition coefficient (Wildman–Crippen LogP) is 2.59. The fourth-order valence-electron chi connectivity index (χ4n) is 1.17. The zero-order valence-electron chi connectivity index (χ0n) is 7.65. The van der Waals surface area contributed by atoms with Crippen molar-refractivity contribution in [1.29, 1.82) is 0 Å². The van der Waals surface area contributed by atoms with Crippen molar-refractivity contribution in [3.05, 3.63) is 23.5 Å². The van der Waals surface area contributed by atoms with Gasteiger partial charge in [-0.25, -0.2) is 0 Å². The maximum Gasteiger partial charge on any atom is 0.0789 e. The van der Waals surface area contributed by atoms with Gasteiger partial charge in [0.1, 0.15) is 0 Å². The van der Waals surface area contributed by atoms with Gasteiger partial charge in [-0.05, 0) is 24.5 Å². The number of hydrogen-bond donors (Lipinski definition) is 1. The van der Waals surface area contributed by atoms with Crippen LogP contribution >= 0.6 is 12.6 Å².